The van der Waals surface area contributed by atoms with Crippen LogP contribution in [-0.4, -0.2) is 4.92 Å². The predicted molar refractivity (Wildman–Crippen MR) is 75.5 cm³/mol. The topological polar surface area (TPSA) is 52.4 Å². The summed E-state index contributed by atoms with van der Waals surface area (Å²) in [6, 6.07) is 12.6. The van der Waals surface area contributed by atoms with Gasteiger partial charge in [0.2, 0.25) is 5.75 Å². The molecule has 0 aliphatic carbocycles. The van der Waals surface area contributed by atoms with E-state index in [9.17, 15) is 10.1 Å². The van der Waals surface area contributed by atoms with Gasteiger partial charge in [0.15, 0.2) is 0 Å². The van der Waals surface area contributed by atoms with Crippen LogP contribution < -0.4 is 4.18 Å². The summed E-state index contributed by atoms with van der Waals surface area (Å²) in [5.74, 6) is 0.276. The molecule has 0 fully saturated rings. The molecule has 2 aromatic rings. The lowest BCUT2D eigenvalue weighted by Gasteiger charge is -2.07. The van der Waals surface area contributed by atoms with E-state index in [1.165, 1.54) is 6.07 Å². The second-order valence-corrected chi connectivity index (χ2v) is 4.93. The Labute approximate surface area is 115 Å². The highest BCUT2D eigenvalue weighted by atomic mass is 32.2. The summed E-state index contributed by atoms with van der Waals surface area (Å²) >= 11 is 1.14. The first-order valence-electron chi connectivity index (χ1n) is 5.73. The molecule has 2 rings (SSSR count). The number of nitro benzene ring substituents is 1. The maximum Gasteiger partial charge on any atom is 0.312 e. The zero-order valence-corrected chi connectivity index (χ0v) is 11.4. The van der Waals surface area contributed by atoms with Crippen molar-refractivity contribution in [2.75, 3.05) is 0 Å². The van der Waals surface area contributed by atoms with Crippen molar-refractivity contribution >= 4 is 17.7 Å². The van der Waals surface area contributed by atoms with Gasteiger partial charge < -0.3 is 4.18 Å². The molecule has 0 amide bonds. The first kappa shape index (κ1) is 13.4. The van der Waals surface area contributed by atoms with Crippen LogP contribution in [0.15, 0.2) is 47.4 Å². The maximum atomic E-state index is 10.9. The van der Waals surface area contributed by atoms with Gasteiger partial charge in [-0.05, 0) is 37.1 Å². The van der Waals surface area contributed by atoms with Gasteiger partial charge in [-0.25, -0.2) is 0 Å². The van der Waals surface area contributed by atoms with Crippen LogP contribution in [0.3, 0.4) is 0 Å². The van der Waals surface area contributed by atoms with E-state index in [1.54, 1.807) is 12.1 Å². The third kappa shape index (κ3) is 3.26. The number of rotatable bonds is 4. The van der Waals surface area contributed by atoms with Gasteiger partial charge in [0.05, 0.1) is 21.9 Å². The minimum absolute atomic E-state index is 0.0216. The summed E-state index contributed by atoms with van der Waals surface area (Å²) in [7, 11) is 0. The summed E-state index contributed by atoms with van der Waals surface area (Å²) < 4.78 is 5.52. The van der Waals surface area contributed by atoms with E-state index >= 15 is 0 Å². The molecule has 0 heterocycles. The molecule has 0 spiro atoms. The molecule has 0 aromatic heterocycles. The van der Waals surface area contributed by atoms with Crippen LogP contribution in [0.2, 0.25) is 0 Å². The Morgan fingerprint density at radius 3 is 2.58 bits per heavy atom. The van der Waals surface area contributed by atoms with Crippen molar-refractivity contribution in [1.29, 1.82) is 0 Å². The van der Waals surface area contributed by atoms with E-state index in [2.05, 4.69) is 0 Å². The van der Waals surface area contributed by atoms with Crippen LogP contribution in [0.1, 0.15) is 11.1 Å². The quantitative estimate of drug-likeness (QED) is 0.474. The summed E-state index contributed by atoms with van der Waals surface area (Å²) in [5, 5.41) is 10.9. The highest BCUT2D eigenvalue weighted by Crippen LogP contribution is 2.33. The fraction of sp³-hybridized carbons (Fsp3) is 0.143. The highest BCUT2D eigenvalue weighted by Gasteiger charge is 2.16. The Balaban J connectivity index is 2.22. The van der Waals surface area contributed by atoms with Gasteiger partial charge in [-0.1, -0.05) is 24.3 Å². The van der Waals surface area contributed by atoms with E-state index in [4.69, 9.17) is 4.18 Å². The monoisotopic (exact) mass is 275 g/mol. The van der Waals surface area contributed by atoms with Crippen LogP contribution in [0.25, 0.3) is 0 Å². The van der Waals surface area contributed by atoms with Gasteiger partial charge in [-0.3, -0.25) is 10.1 Å². The van der Waals surface area contributed by atoms with Crippen LogP contribution in [0.4, 0.5) is 5.69 Å². The van der Waals surface area contributed by atoms with Crippen molar-refractivity contribution < 1.29 is 9.11 Å². The molecule has 98 valence electrons. The molecule has 0 saturated heterocycles. The first-order valence-corrected chi connectivity index (χ1v) is 6.47. The lowest BCUT2D eigenvalue weighted by atomic mass is 10.2. The van der Waals surface area contributed by atoms with Crippen LogP contribution in [0, 0.1) is 24.0 Å². The van der Waals surface area contributed by atoms with E-state index < -0.39 is 4.92 Å². The molecule has 0 N–H and O–H groups in total. The van der Waals surface area contributed by atoms with Crippen molar-refractivity contribution in [2.24, 2.45) is 0 Å². The Morgan fingerprint density at radius 2 is 1.89 bits per heavy atom. The number of nitrogens with zero attached hydrogens (tertiary/aromatic N) is 1. The lowest BCUT2D eigenvalue weighted by Crippen LogP contribution is -1.93. The third-order valence-corrected chi connectivity index (χ3v) is 3.53. The molecule has 19 heavy (non-hydrogen) atoms. The molecule has 0 radical (unpaired) electrons. The van der Waals surface area contributed by atoms with E-state index in [0.29, 0.717) is 0 Å². The molecule has 5 heteroatoms. The highest BCUT2D eigenvalue weighted by molar-refractivity contribution is 7.95. The number of hydrogen-bond donors (Lipinski definition) is 0. The van der Waals surface area contributed by atoms with Crippen molar-refractivity contribution in [2.45, 2.75) is 18.7 Å². The smallest absolute Gasteiger partial charge is 0.312 e. The molecule has 0 atom stereocenters. The fourth-order valence-electron chi connectivity index (χ4n) is 1.58. The summed E-state index contributed by atoms with van der Waals surface area (Å²) in [5.41, 5.74) is 1.97. The summed E-state index contributed by atoms with van der Waals surface area (Å²) in [4.78, 5) is 11.4. The first-order chi connectivity index (χ1) is 9.08. The van der Waals surface area contributed by atoms with Gasteiger partial charge >= 0.3 is 5.69 Å². The Bertz CT molecular complexity index is 613. The number of aryl methyl sites for hydroxylation is 2. The number of nitro groups is 1. The zero-order chi connectivity index (χ0) is 13.8. The fourth-order valence-corrected chi connectivity index (χ4v) is 2.23. The number of hydrogen-bond acceptors (Lipinski definition) is 4. The SMILES string of the molecule is Cc1ccc([N+](=O)[O-])c(OSc2ccccc2C)c1. The minimum atomic E-state index is -0.437. The maximum absolute atomic E-state index is 10.9. The van der Waals surface area contributed by atoms with Crippen LogP contribution in [0.5, 0.6) is 5.75 Å². The average Bonchev–Trinajstić information content (AvgIpc) is 2.37. The molecule has 0 saturated carbocycles. The van der Waals surface area contributed by atoms with E-state index in [0.717, 1.165) is 28.1 Å². The van der Waals surface area contributed by atoms with Crippen molar-refractivity contribution in [3.8, 4) is 5.75 Å². The second kappa shape index (κ2) is 5.75. The number of benzene rings is 2. The molecule has 0 aliphatic heterocycles. The van der Waals surface area contributed by atoms with Crippen LogP contribution >= 0.6 is 12.0 Å². The molecule has 0 unspecified atom stereocenters. The Kier molecular flexibility index (Phi) is 4.06. The Morgan fingerprint density at radius 1 is 1.16 bits per heavy atom. The molecule has 4 nitrogen and oxygen atoms in total. The van der Waals surface area contributed by atoms with Crippen LogP contribution in [-0.2, 0) is 0 Å². The molecular weight excluding hydrogens is 262 g/mol. The predicted octanol–water partition coefficient (Wildman–Crippen LogP) is 4.30. The molecular formula is C14H13NO3S. The van der Waals surface area contributed by atoms with E-state index in [1.807, 2.05) is 38.1 Å². The summed E-state index contributed by atoms with van der Waals surface area (Å²) in [6.07, 6.45) is 0. The average molecular weight is 275 g/mol. The lowest BCUT2D eigenvalue weighted by molar-refractivity contribution is -0.385. The zero-order valence-electron chi connectivity index (χ0n) is 10.6. The summed E-state index contributed by atoms with van der Waals surface area (Å²) in [6.45, 7) is 3.84. The van der Waals surface area contributed by atoms with Crippen molar-refractivity contribution in [1.82, 2.24) is 0 Å². The van der Waals surface area contributed by atoms with Gasteiger partial charge in [0.25, 0.3) is 0 Å². The standard InChI is InChI=1S/C14H13NO3S/c1-10-7-8-12(15(16)17)13(9-10)18-19-14-6-4-3-5-11(14)2/h3-9H,1-2H3. The van der Waals surface area contributed by atoms with Gasteiger partial charge in [0.1, 0.15) is 0 Å². The molecule has 0 aliphatic rings. The van der Waals surface area contributed by atoms with Gasteiger partial charge in [-0.15, -0.1) is 0 Å². The third-order valence-electron chi connectivity index (χ3n) is 2.63. The van der Waals surface area contributed by atoms with Crippen molar-refractivity contribution in [3.05, 3.63) is 63.7 Å². The van der Waals surface area contributed by atoms with Gasteiger partial charge in [0, 0.05) is 6.07 Å². The molecule has 0 bridgehead atoms. The normalized spacial score (nSPS) is 10.2. The van der Waals surface area contributed by atoms with Gasteiger partial charge in [-0.2, -0.15) is 0 Å². The van der Waals surface area contributed by atoms with E-state index in [-0.39, 0.29) is 11.4 Å². The second-order valence-electron chi connectivity index (χ2n) is 4.16. The minimum Gasteiger partial charge on any atom is -0.413 e. The Hall–Kier alpha value is -2.01. The van der Waals surface area contributed by atoms with Crippen molar-refractivity contribution in [3.63, 3.8) is 0 Å². The molecule has 2 aromatic carbocycles. The largest absolute Gasteiger partial charge is 0.413 e.